The highest BCUT2D eigenvalue weighted by molar-refractivity contribution is 5.86. The van der Waals surface area contributed by atoms with E-state index < -0.39 is 0 Å². The zero-order valence-corrected chi connectivity index (χ0v) is 24.7. The summed E-state index contributed by atoms with van der Waals surface area (Å²) in [7, 11) is 0. The number of esters is 1. The molecule has 0 spiro atoms. The van der Waals surface area contributed by atoms with Crippen LogP contribution in [0.25, 0.3) is 0 Å². The van der Waals surface area contributed by atoms with Crippen LogP contribution in [0.2, 0.25) is 0 Å². The van der Waals surface area contributed by atoms with Crippen molar-refractivity contribution in [1.29, 1.82) is 0 Å². The average molecular weight is 497 g/mol. The third-order valence-corrected chi connectivity index (χ3v) is 13.5. The van der Waals surface area contributed by atoms with Gasteiger partial charge in [0.25, 0.3) is 0 Å². The predicted octanol–water partition coefficient (Wildman–Crippen LogP) is 8.31. The van der Waals surface area contributed by atoms with Crippen molar-refractivity contribution >= 4 is 11.8 Å². The van der Waals surface area contributed by atoms with Crippen molar-refractivity contribution in [2.75, 3.05) is 0 Å². The van der Waals surface area contributed by atoms with Crippen LogP contribution in [0.3, 0.4) is 0 Å². The van der Waals surface area contributed by atoms with Crippen LogP contribution in [0, 0.1) is 50.2 Å². The van der Waals surface area contributed by atoms with E-state index in [9.17, 15) is 9.59 Å². The molecule has 0 amide bonds. The lowest BCUT2D eigenvalue weighted by molar-refractivity contribution is -0.233. The number of fused-ring (bicyclic) bond motifs is 7. The SMILES string of the molecule is CC(=O)O[C@H]1CC[C@]2(C)[C@H]3CC[C@@H]4C5=CC(C)(C)CC[C@]5(C(C)=O)CC[C@@]4(C)[C@]3(C)CC[C@H]2C1(C)C. The third kappa shape index (κ3) is 3.35. The van der Waals surface area contributed by atoms with Gasteiger partial charge in [0, 0.05) is 17.8 Å². The van der Waals surface area contributed by atoms with Gasteiger partial charge in [-0.2, -0.15) is 0 Å². The lowest BCUT2D eigenvalue weighted by Crippen LogP contribution is -2.66. The van der Waals surface area contributed by atoms with E-state index in [1.54, 1.807) is 6.92 Å². The lowest BCUT2D eigenvalue weighted by atomic mass is 9.32. The van der Waals surface area contributed by atoms with Gasteiger partial charge in [-0.3, -0.25) is 9.59 Å². The summed E-state index contributed by atoms with van der Waals surface area (Å²) in [5, 5.41) is 0. The molecular weight excluding hydrogens is 444 g/mol. The van der Waals surface area contributed by atoms with E-state index in [4.69, 9.17) is 4.74 Å². The van der Waals surface area contributed by atoms with Crippen molar-refractivity contribution in [3.05, 3.63) is 11.6 Å². The molecule has 0 saturated heterocycles. The molecule has 0 aromatic rings. The van der Waals surface area contributed by atoms with Crippen molar-refractivity contribution in [2.24, 2.45) is 50.2 Å². The average Bonchev–Trinajstić information content (AvgIpc) is 2.75. The van der Waals surface area contributed by atoms with Gasteiger partial charge >= 0.3 is 5.97 Å². The summed E-state index contributed by atoms with van der Waals surface area (Å²) >= 11 is 0. The van der Waals surface area contributed by atoms with Crippen molar-refractivity contribution < 1.29 is 14.3 Å². The van der Waals surface area contributed by atoms with E-state index in [0.29, 0.717) is 23.5 Å². The second kappa shape index (κ2) is 7.95. The zero-order chi connectivity index (χ0) is 26.5. The van der Waals surface area contributed by atoms with Gasteiger partial charge < -0.3 is 4.74 Å². The maximum atomic E-state index is 13.2. The maximum absolute atomic E-state index is 13.2. The summed E-state index contributed by atoms with van der Waals surface area (Å²) in [6, 6.07) is 0. The number of Topliss-reactive ketones (excluding diaryl/α,β-unsaturated/α-hetero) is 1. The van der Waals surface area contributed by atoms with Crippen LogP contribution in [0.1, 0.15) is 127 Å². The molecule has 0 bridgehead atoms. The molecule has 5 aliphatic carbocycles. The second-order valence-corrected chi connectivity index (χ2v) is 15.8. The fourth-order valence-electron chi connectivity index (χ4n) is 11.3. The van der Waals surface area contributed by atoms with Crippen LogP contribution in [-0.2, 0) is 14.3 Å². The molecule has 0 aromatic carbocycles. The summed E-state index contributed by atoms with van der Waals surface area (Å²) in [6.45, 7) is 20.8. The highest BCUT2D eigenvalue weighted by Crippen LogP contribution is 2.76. The van der Waals surface area contributed by atoms with Gasteiger partial charge in [0.2, 0.25) is 0 Å². The van der Waals surface area contributed by atoms with E-state index >= 15 is 0 Å². The lowest BCUT2D eigenvalue weighted by Gasteiger charge is -2.72. The van der Waals surface area contributed by atoms with Crippen LogP contribution >= 0.6 is 0 Å². The molecule has 8 atom stereocenters. The van der Waals surface area contributed by atoms with Gasteiger partial charge in [0.1, 0.15) is 11.9 Å². The van der Waals surface area contributed by atoms with Gasteiger partial charge in [0.15, 0.2) is 0 Å². The van der Waals surface area contributed by atoms with Gasteiger partial charge in [-0.15, -0.1) is 0 Å². The first kappa shape index (κ1) is 26.5. The van der Waals surface area contributed by atoms with Crippen molar-refractivity contribution in [1.82, 2.24) is 0 Å². The molecule has 3 heteroatoms. The number of allylic oxidation sites excluding steroid dienone is 2. The largest absolute Gasteiger partial charge is 0.462 e. The van der Waals surface area contributed by atoms with Crippen molar-refractivity contribution in [2.45, 2.75) is 133 Å². The molecule has 0 radical (unpaired) electrons. The molecule has 0 aliphatic heterocycles. The quantitative estimate of drug-likeness (QED) is 0.285. The predicted molar refractivity (Wildman–Crippen MR) is 145 cm³/mol. The number of hydrogen-bond donors (Lipinski definition) is 0. The molecule has 0 aromatic heterocycles. The normalized spacial score (nSPS) is 48.9. The van der Waals surface area contributed by atoms with Crippen molar-refractivity contribution in [3.63, 3.8) is 0 Å². The van der Waals surface area contributed by atoms with Crippen LogP contribution in [0.15, 0.2) is 11.6 Å². The van der Waals surface area contributed by atoms with Crippen LogP contribution in [-0.4, -0.2) is 17.9 Å². The Morgan fingerprint density at radius 2 is 1.42 bits per heavy atom. The van der Waals surface area contributed by atoms with E-state index in [1.807, 2.05) is 6.92 Å². The number of carbonyl (C=O) groups excluding carboxylic acids is 2. The molecule has 36 heavy (non-hydrogen) atoms. The smallest absolute Gasteiger partial charge is 0.302 e. The molecule has 3 nitrogen and oxygen atoms in total. The van der Waals surface area contributed by atoms with Gasteiger partial charge in [-0.25, -0.2) is 0 Å². The molecule has 4 fully saturated rings. The highest BCUT2D eigenvalue weighted by Gasteiger charge is 2.69. The summed E-state index contributed by atoms with van der Waals surface area (Å²) in [6.07, 6.45) is 14.1. The van der Waals surface area contributed by atoms with Crippen LogP contribution in [0.5, 0.6) is 0 Å². The molecule has 4 saturated carbocycles. The van der Waals surface area contributed by atoms with E-state index in [2.05, 4.69) is 54.5 Å². The first-order valence-corrected chi connectivity index (χ1v) is 15.0. The number of hydrogen-bond acceptors (Lipinski definition) is 3. The molecule has 0 unspecified atom stereocenters. The fraction of sp³-hybridized carbons (Fsp3) is 0.879. The number of rotatable bonds is 2. The summed E-state index contributed by atoms with van der Waals surface area (Å²) in [5.41, 5.74) is 2.31. The first-order valence-electron chi connectivity index (χ1n) is 15.0. The minimum absolute atomic E-state index is 0.00399. The number of ketones is 1. The number of carbonyl (C=O) groups is 2. The highest BCUT2D eigenvalue weighted by atomic mass is 16.5. The molecule has 0 N–H and O–H groups in total. The van der Waals surface area contributed by atoms with Crippen LogP contribution < -0.4 is 0 Å². The third-order valence-electron chi connectivity index (χ3n) is 13.5. The zero-order valence-electron chi connectivity index (χ0n) is 24.7. The Hall–Kier alpha value is -1.12. The fourth-order valence-corrected chi connectivity index (χ4v) is 11.3. The van der Waals surface area contributed by atoms with Gasteiger partial charge in [0.05, 0.1) is 0 Å². The van der Waals surface area contributed by atoms with Crippen molar-refractivity contribution in [3.8, 4) is 0 Å². The number of ether oxygens (including phenoxy) is 1. The summed E-state index contributed by atoms with van der Waals surface area (Å²) in [5.74, 6) is 2.07. The second-order valence-electron chi connectivity index (χ2n) is 15.8. The first-order chi connectivity index (χ1) is 16.5. The Morgan fingerprint density at radius 1 is 0.750 bits per heavy atom. The monoisotopic (exact) mass is 496 g/mol. The molecule has 202 valence electrons. The Bertz CT molecular complexity index is 989. The van der Waals surface area contributed by atoms with E-state index in [1.165, 1.54) is 37.7 Å². The topological polar surface area (TPSA) is 43.4 Å². The summed E-state index contributed by atoms with van der Waals surface area (Å²) < 4.78 is 5.90. The maximum Gasteiger partial charge on any atom is 0.302 e. The van der Waals surface area contributed by atoms with E-state index in [-0.39, 0.29) is 44.6 Å². The Morgan fingerprint density at radius 3 is 2.06 bits per heavy atom. The molecule has 0 heterocycles. The Kier molecular flexibility index (Phi) is 5.85. The Balaban J connectivity index is 1.54. The molecule has 5 aliphatic rings. The molecular formula is C33H52O3. The standard InChI is InChI=1S/C33H52O3/c1-21(34)33-18-16-28(3,4)20-24(33)23-10-11-26-30(7)14-13-27(36-22(2)35)29(5,6)25(30)12-15-32(26,9)31(23,8)17-19-33/h20,23,25-27H,10-19H2,1-9H3/t23-,25+,26-,27+,30+,31-,32-,33-/m1/s1. The van der Waals surface area contributed by atoms with Gasteiger partial charge in [-0.1, -0.05) is 60.1 Å². The Labute approximate surface area is 220 Å². The molecule has 5 rings (SSSR count). The van der Waals surface area contributed by atoms with Crippen LogP contribution in [0.4, 0.5) is 0 Å². The van der Waals surface area contributed by atoms with Gasteiger partial charge in [-0.05, 0) is 111 Å². The minimum Gasteiger partial charge on any atom is -0.462 e. The minimum atomic E-state index is -0.200. The summed E-state index contributed by atoms with van der Waals surface area (Å²) in [4.78, 5) is 25.1. The van der Waals surface area contributed by atoms with E-state index in [0.717, 1.165) is 32.1 Å².